The molecule has 1 aliphatic rings. The van der Waals surface area contributed by atoms with E-state index in [4.69, 9.17) is 0 Å². The number of hydrogen-bond donors (Lipinski definition) is 0. The number of carbonyl (C=O) groups is 1. The van der Waals surface area contributed by atoms with Crippen LogP contribution in [-0.4, -0.2) is 17.3 Å². The third kappa shape index (κ3) is 6.52. The zero-order chi connectivity index (χ0) is 21.0. The van der Waals surface area contributed by atoms with Gasteiger partial charge in [0.15, 0.2) is 0 Å². The fourth-order valence-electron chi connectivity index (χ4n) is 3.55. The molecule has 1 aliphatic carbocycles. The summed E-state index contributed by atoms with van der Waals surface area (Å²) in [6, 6.07) is 0. The Hall–Kier alpha value is -1.02. The number of Topliss-reactive ketones (excluding diaryl/α,β-unsaturated/α-hetero) is 1. The van der Waals surface area contributed by atoms with E-state index in [1.165, 1.54) is 16.7 Å². The highest BCUT2D eigenvalue weighted by atomic mass is 32.2. The number of hydrogen-bond acceptors (Lipinski definition) is 2. The smallest absolute Gasteiger partial charge is 0.149 e. The largest absolute Gasteiger partial charge is 0.298 e. The summed E-state index contributed by atoms with van der Waals surface area (Å²) in [5.41, 5.74) is 4.60. The molecule has 0 aromatic heterocycles. The van der Waals surface area contributed by atoms with Gasteiger partial charge in [-0.25, -0.2) is 0 Å². The Bertz CT molecular complexity index is 649. The van der Waals surface area contributed by atoms with Crippen molar-refractivity contribution in [3.05, 3.63) is 47.6 Å². The number of rotatable bonds is 8. The van der Waals surface area contributed by atoms with E-state index in [2.05, 4.69) is 80.7 Å². The van der Waals surface area contributed by atoms with E-state index in [1.54, 1.807) is 11.8 Å². The van der Waals surface area contributed by atoms with E-state index < -0.39 is 0 Å². The van der Waals surface area contributed by atoms with Crippen molar-refractivity contribution in [3.8, 4) is 0 Å². The van der Waals surface area contributed by atoms with E-state index in [0.717, 1.165) is 30.6 Å². The first-order chi connectivity index (χ1) is 12.2. The molecule has 0 bridgehead atoms. The predicted molar refractivity (Wildman–Crippen MR) is 123 cm³/mol. The van der Waals surface area contributed by atoms with Gasteiger partial charge in [-0.2, -0.15) is 0 Å². The SMILES string of the molecule is C=C1CC/C1=C/C(=C\C)C(=C)CSCC(=O)C(C)(CC(C)(C)C)C(C)(C)C. The van der Waals surface area contributed by atoms with Crippen molar-refractivity contribution in [3.63, 3.8) is 0 Å². The molecule has 0 aliphatic heterocycles. The molecule has 0 aromatic carbocycles. The van der Waals surface area contributed by atoms with Crippen LogP contribution >= 0.6 is 11.8 Å². The van der Waals surface area contributed by atoms with Crippen molar-refractivity contribution >= 4 is 17.5 Å². The molecule has 0 aromatic rings. The van der Waals surface area contributed by atoms with Gasteiger partial charge in [-0.15, -0.1) is 11.8 Å². The summed E-state index contributed by atoms with van der Waals surface area (Å²) in [5, 5.41) is 0. The number of ketones is 1. The summed E-state index contributed by atoms with van der Waals surface area (Å²) in [6.45, 7) is 25.8. The van der Waals surface area contributed by atoms with Crippen LogP contribution in [0, 0.1) is 16.2 Å². The van der Waals surface area contributed by atoms with Crippen LogP contribution in [0.2, 0.25) is 0 Å². The molecule has 1 unspecified atom stereocenters. The molecule has 0 spiro atoms. The summed E-state index contributed by atoms with van der Waals surface area (Å²) >= 11 is 1.69. The van der Waals surface area contributed by atoms with Gasteiger partial charge in [0.25, 0.3) is 0 Å². The molecule has 0 heterocycles. The summed E-state index contributed by atoms with van der Waals surface area (Å²) in [6.07, 6.45) is 7.46. The van der Waals surface area contributed by atoms with E-state index in [1.807, 2.05) is 0 Å². The lowest BCUT2D eigenvalue weighted by atomic mass is 9.59. The van der Waals surface area contributed by atoms with Crippen molar-refractivity contribution in [1.82, 2.24) is 0 Å². The minimum atomic E-state index is -0.325. The van der Waals surface area contributed by atoms with Gasteiger partial charge in [-0.05, 0) is 53.7 Å². The van der Waals surface area contributed by atoms with Crippen molar-refractivity contribution in [2.24, 2.45) is 16.2 Å². The molecule has 1 rings (SSSR count). The Labute approximate surface area is 172 Å². The maximum Gasteiger partial charge on any atom is 0.149 e. The lowest BCUT2D eigenvalue weighted by Gasteiger charge is -2.44. The Kier molecular flexibility index (Phi) is 7.99. The summed E-state index contributed by atoms with van der Waals surface area (Å²) < 4.78 is 0. The lowest BCUT2D eigenvalue weighted by molar-refractivity contribution is -0.133. The quantitative estimate of drug-likeness (QED) is 0.399. The second-order valence-electron chi connectivity index (χ2n) is 10.4. The van der Waals surface area contributed by atoms with Gasteiger partial charge in [-0.1, -0.05) is 79.3 Å². The molecular weight excluding hydrogens is 348 g/mol. The average molecular weight is 389 g/mol. The Morgan fingerprint density at radius 3 is 2.04 bits per heavy atom. The van der Waals surface area contributed by atoms with E-state index in [9.17, 15) is 4.79 Å². The van der Waals surface area contributed by atoms with Gasteiger partial charge in [0.05, 0.1) is 5.75 Å². The molecule has 2 heteroatoms. The molecule has 0 amide bonds. The maximum absolute atomic E-state index is 13.2. The molecular formula is C25H40OS. The van der Waals surface area contributed by atoms with Gasteiger partial charge >= 0.3 is 0 Å². The highest BCUT2D eigenvalue weighted by Crippen LogP contribution is 2.47. The van der Waals surface area contributed by atoms with Crippen LogP contribution in [0.1, 0.15) is 74.7 Å². The zero-order valence-corrected chi connectivity index (χ0v) is 19.7. The molecule has 1 fully saturated rings. The molecule has 152 valence electrons. The second-order valence-corrected chi connectivity index (χ2v) is 11.3. The zero-order valence-electron chi connectivity index (χ0n) is 18.9. The van der Waals surface area contributed by atoms with Crippen LogP contribution in [0.4, 0.5) is 0 Å². The van der Waals surface area contributed by atoms with Crippen LogP contribution in [0.15, 0.2) is 47.6 Å². The van der Waals surface area contributed by atoms with Crippen molar-refractivity contribution in [2.45, 2.75) is 74.7 Å². The fraction of sp³-hybridized carbons (Fsp3) is 0.640. The number of carbonyl (C=O) groups excluding carboxylic acids is 1. The molecule has 0 saturated heterocycles. The maximum atomic E-state index is 13.2. The minimum Gasteiger partial charge on any atom is -0.298 e. The fourth-order valence-corrected chi connectivity index (χ4v) is 4.57. The normalized spacial score (nSPS) is 19.6. The summed E-state index contributed by atoms with van der Waals surface area (Å²) in [4.78, 5) is 13.2. The highest BCUT2D eigenvalue weighted by molar-refractivity contribution is 8.00. The summed E-state index contributed by atoms with van der Waals surface area (Å²) in [5.74, 6) is 1.69. The van der Waals surface area contributed by atoms with Gasteiger partial charge in [0.2, 0.25) is 0 Å². The first kappa shape index (κ1) is 24.0. The van der Waals surface area contributed by atoms with Gasteiger partial charge in [0.1, 0.15) is 5.78 Å². The monoisotopic (exact) mass is 388 g/mol. The van der Waals surface area contributed by atoms with Crippen LogP contribution in [0.3, 0.4) is 0 Å². The molecule has 0 N–H and O–H groups in total. The van der Waals surface area contributed by atoms with Crippen molar-refractivity contribution in [2.75, 3.05) is 11.5 Å². The predicted octanol–water partition coefficient (Wildman–Crippen LogP) is 7.56. The van der Waals surface area contributed by atoms with Gasteiger partial charge in [0, 0.05) is 11.2 Å². The molecule has 1 atom stereocenters. The Balaban J connectivity index is 2.72. The summed E-state index contributed by atoms with van der Waals surface area (Å²) in [7, 11) is 0. The molecule has 1 nitrogen and oxygen atoms in total. The van der Waals surface area contributed by atoms with Crippen LogP contribution in [0.5, 0.6) is 0 Å². The molecule has 0 radical (unpaired) electrons. The van der Waals surface area contributed by atoms with E-state index >= 15 is 0 Å². The Morgan fingerprint density at radius 1 is 1.07 bits per heavy atom. The Morgan fingerprint density at radius 2 is 1.67 bits per heavy atom. The van der Waals surface area contributed by atoms with Crippen LogP contribution < -0.4 is 0 Å². The van der Waals surface area contributed by atoms with E-state index in [0.29, 0.717) is 11.5 Å². The standard InChI is InChI=1S/C25H40OS/c1-11-20(14-21-13-12-18(21)2)19(3)15-27-16-22(26)25(10,24(7,8)9)17-23(4,5)6/h11,14H,2-3,12-13,15-17H2,1,4-10H3/b20-11+,21-14-. The van der Waals surface area contributed by atoms with E-state index in [-0.39, 0.29) is 16.2 Å². The molecule has 1 saturated carbocycles. The first-order valence-electron chi connectivity index (χ1n) is 10.1. The second kappa shape index (κ2) is 8.99. The van der Waals surface area contributed by atoms with Crippen LogP contribution in [-0.2, 0) is 4.79 Å². The van der Waals surface area contributed by atoms with Gasteiger partial charge < -0.3 is 0 Å². The molecule has 27 heavy (non-hydrogen) atoms. The lowest BCUT2D eigenvalue weighted by Crippen LogP contribution is -2.44. The van der Waals surface area contributed by atoms with Crippen molar-refractivity contribution in [1.29, 1.82) is 0 Å². The van der Waals surface area contributed by atoms with Gasteiger partial charge in [-0.3, -0.25) is 4.79 Å². The topological polar surface area (TPSA) is 17.1 Å². The highest BCUT2D eigenvalue weighted by Gasteiger charge is 2.45. The first-order valence-corrected chi connectivity index (χ1v) is 11.2. The van der Waals surface area contributed by atoms with Crippen LogP contribution in [0.25, 0.3) is 0 Å². The number of allylic oxidation sites excluding steroid dienone is 5. The third-order valence-corrected chi connectivity index (χ3v) is 6.88. The average Bonchev–Trinajstić information content (AvgIpc) is 2.51. The number of thioether (sulfide) groups is 1. The van der Waals surface area contributed by atoms with Crippen molar-refractivity contribution < 1.29 is 4.79 Å². The minimum absolute atomic E-state index is 0.0571. The third-order valence-electron chi connectivity index (χ3n) is 5.86.